The summed E-state index contributed by atoms with van der Waals surface area (Å²) in [5, 5.41) is 38.1. The van der Waals surface area contributed by atoms with Gasteiger partial charge in [-0.1, -0.05) is 12.1 Å². The molecule has 0 spiro atoms. The summed E-state index contributed by atoms with van der Waals surface area (Å²) in [5.41, 5.74) is 4.53. The largest absolute Gasteiger partial charge is 0.481 e. The van der Waals surface area contributed by atoms with E-state index in [0.29, 0.717) is 29.7 Å². The van der Waals surface area contributed by atoms with Gasteiger partial charge >= 0.3 is 23.9 Å². The second kappa shape index (κ2) is 16.1. The lowest BCUT2D eigenvalue weighted by Gasteiger charge is -2.18. The van der Waals surface area contributed by atoms with Crippen LogP contribution in [0.5, 0.6) is 0 Å². The third-order valence-electron chi connectivity index (χ3n) is 5.48. The maximum absolute atomic E-state index is 12.9. The van der Waals surface area contributed by atoms with Crippen LogP contribution in [0.25, 0.3) is 0 Å². The summed E-state index contributed by atoms with van der Waals surface area (Å²) >= 11 is 0. The molecule has 3 amide bonds. The summed E-state index contributed by atoms with van der Waals surface area (Å²) in [6.45, 7) is 0.246. The van der Waals surface area contributed by atoms with E-state index in [9.17, 15) is 33.5 Å². The van der Waals surface area contributed by atoms with Crippen LogP contribution in [0.4, 0.5) is 14.9 Å². The first kappa shape index (κ1) is 31.2. The second-order valence-electron chi connectivity index (χ2n) is 8.58. The zero-order valence-electron chi connectivity index (χ0n) is 21.3. The van der Waals surface area contributed by atoms with Gasteiger partial charge < -0.3 is 31.3 Å². The number of unbranched alkanes of at least 4 members (excludes halogenated alkanes) is 1. The number of rotatable bonds is 16. The average Bonchev–Trinajstić information content (AvgIpc) is 2.91. The molecule has 2 aromatic carbocycles. The second-order valence-corrected chi connectivity index (χ2v) is 8.58. The Morgan fingerprint density at radius 1 is 0.825 bits per heavy atom. The number of nitrogens with one attached hydrogen (secondary N) is 4. The number of carboxylic acids is 3. The number of urea groups is 1. The van der Waals surface area contributed by atoms with Crippen molar-refractivity contribution in [2.75, 3.05) is 12.0 Å². The third kappa shape index (κ3) is 11.6. The summed E-state index contributed by atoms with van der Waals surface area (Å²) in [4.78, 5) is 57.7. The van der Waals surface area contributed by atoms with E-state index in [4.69, 9.17) is 10.2 Å². The third-order valence-corrected chi connectivity index (χ3v) is 5.48. The highest BCUT2D eigenvalue weighted by Crippen LogP contribution is 2.10. The van der Waals surface area contributed by atoms with Crippen LogP contribution in [-0.2, 0) is 14.4 Å². The number of carbonyl (C=O) groups is 5. The van der Waals surface area contributed by atoms with E-state index in [1.165, 1.54) is 18.3 Å². The standard InChI is InChI=1S/C26H30FN5O8/c27-18-8-4-16(5-9-18)15-29-32-19-10-6-17(7-11-19)23(35)28-14-2-1-3-20(24(36)37)30-26(40)31-21(25(38)39)12-13-22(33)34/h4-11,15,20-21,32H,1-3,12-14H2,(H,28,35)(H,33,34)(H,36,37)(H,38,39)(H2,30,31,40)/i27-1. The van der Waals surface area contributed by atoms with Gasteiger partial charge in [0.1, 0.15) is 17.9 Å². The highest BCUT2D eigenvalue weighted by molar-refractivity contribution is 5.94. The molecule has 7 N–H and O–H groups in total. The van der Waals surface area contributed by atoms with E-state index in [1.54, 1.807) is 36.4 Å². The Kier molecular flexibility index (Phi) is 12.5. The molecule has 0 fully saturated rings. The van der Waals surface area contributed by atoms with Gasteiger partial charge in [-0.2, -0.15) is 5.10 Å². The molecule has 2 aromatic rings. The normalized spacial score (nSPS) is 12.2. The maximum Gasteiger partial charge on any atom is 0.326 e. The lowest BCUT2D eigenvalue weighted by molar-refractivity contribution is -0.140. The van der Waals surface area contributed by atoms with Crippen LogP contribution in [0.3, 0.4) is 0 Å². The number of anilines is 1. The van der Waals surface area contributed by atoms with Crippen LogP contribution < -0.4 is 21.4 Å². The fourth-order valence-electron chi connectivity index (χ4n) is 3.34. The summed E-state index contributed by atoms with van der Waals surface area (Å²) in [7, 11) is 0. The van der Waals surface area contributed by atoms with E-state index >= 15 is 0 Å². The Hall–Kier alpha value is -5.01. The smallest absolute Gasteiger partial charge is 0.326 e. The summed E-state index contributed by atoms with van der Waals surface area (Å²) in [6.07, 6.45) is 1.43. The molecule has 0 radical (unpaired) electrons. The summed E-state index contributed by atoms with van der Waals surface area (Å²) in [5.74, 6) is -4.69. The van der Waals surface area contributed by atoms with Gasteiger partial charge in [0, 0.05) is 18.5 Å². The Labute approximate surface area is 228 Å². The van der Waals surface area contributed by atoms with E-state index in [-0.39, 0.29) is 31.1 Å². The molecule has 0 aromatic heterocycles. The minimum atomic E-state index is -1.49. The van der Waals surface area contributed by atoms with Crippen LogP contribution in [0, 0.1) is 5.82 Å². The highest BCUT2D eigenvalue weighted by Gasteiger charge is 2.24. The number of hydrazone groups is 1. The number of carboxylic acid groups (broad SMARTS) is 3. The number of hydrogen-bond acceptors (Lipinski definition) is 7. The topological polar surface area (TPSA) is 207 Å². The molecule has 2 atom stereocenters. The predicted molar refractivity (Wildman–Crippen MR) is 142 cm³/mol. The van der Waals surface area contributed by atoms with E-state index < -0.39 is 42.4 Å². The number of halogens is 1. The van der Waals surface area contributed by atoms with Gasteiger partial charge in [-0.15, -0.1) is 0 Å². The van der Waals surface area contributed by atoms with Crippen LogP contribution >= 0.6 is 0 Å². The lowest BCUT2D eigenvalue weighted by atomic mass is 10.1. The van der Waals surface area contributed by atoms with Gasteiger partial charge in [-0.25, -0.2) is 18.8 Å². The molecule has 0 aliphatic heterocycles. The number of hydrogen-bond donors (Lipinski definition) is 7. The zero-order valence-corrected chi connectivity index (χ0v) is 21.3. The van der Waals surface area contributed by atoms with Crippen molar-refractivity contribution in [3.8, 4) is 0 Å². The van der Waals surface area contributed by atoms with Gasteiger partial charge in [-0.3, -0.25) is 15.0 Å². The summed E-state index contributed by atoms with van der Waals surface area (Å²) in [6, 6.07) is 8.45. The number of benzene rings is 2. The Morgan fingerprint density at radius 2 is 1.43 bits per heavy atom. The van der Waals surface area contributed by atoms with Gasteiger partial charge in [0.2, 0.25) is 0 Å². The lowest BCUT2D eigenvalue weighted by Crippen LogP contribution is -2.51. The number of amides is 3. The highest BCUT2D eigenvalue weighted by atomic mass is 18.2. The van der Waals surface area contributed by atoms with Crippen molar-refractivity contribution < 1.29 is 43.7 Å². The molecular formula is C26H30FN5O8. The molecule has 40 heavy (non-hydrogen) atoms. The van der Waals surface area contributed by atoms with Crippen LogP contribution in [0.15, 0.2) is 53.6 Å². The molecular weight excluding hydrogens is 528 g/mol. The van der Waals surface area contributed by atoms with Crippen LogP contribution in [-0.4, -0.2) is 70.0 Å². The van der Waals surface area contributed by atoms with Crippen molar-refractivity contribution in [2.24, 2.45) is 5.10 Å². The molecule has 0 bridgehead atoms. The van der Waals surface area contributed by atoms with E-state index in [1.807, 2.05) is 0 Å². The van der Waals surface area contributed by atoms with Crippen molar-refractivity contribution >= 4 is 41.7 Å². The molecule has 0 aliphatic carbocycles. The van der Waals surface area contributed by atoms with Gasteiger partial charge in [0.25, 0.3) is 5.91 Å². The fourth-order valence-corrected chi connectivity index (χ4v) is 3.34. The fraction of sp³-hybridized carbons (Fsp3) is 0.308. The average molecular weight is 559 g/mol. The van der Waals surface area contributed by atoms with Crippen LogP contribution in [0.1, 0.15) is 48.0 Å². The Morgan fingerprint density at radius 3 is 2.00 bits per heavy atom. The minimum absolute atomic E-state index is 0.0181. The molecule has 0 saturated carbocycles. The van der Waals surface area contributed by atoms with Gasteiger partial charge in [0.05, 0.1) is 11.9 Å². The van der Waals surface area contributed by atoms with Crippen molar-refractivity contribution in [2.45, 2.75) is 44.2 Å². The van der Waals surface area contributed by atoms with Crippen molar-refractivity contribution in [1.29, 1.82) is 0 Å². The van der Waals surface area contributed by atoms with E-state index in [2.05, 4.69) is 26.5 Å². The summed E-state index contributed by atoms with van der Waals surface area (Å²) < 4.78 is 12.9. The molecule has 214 valence electrons. The SMILES string of the molecule is O=C(O)CCC(NC(=O)NC(CCCCNC(=O)c1ccc(NN=Cc2ccc([18F])cc2)cc1)C(=O)O)C(=O)O. The predicted octanol–water partition coefficient (Wildman–Crippen LogP) is 2.24. The van der Waals surface area contributed by atoms with Crippen molar-refractivity contribution in [3.63, 3.8) is 0 Å². The number of aliphatic carboxylic acids is 3. The minimum Gasteiger partial charge on any atom is -0.481 e. The zero-order chi connectivity index (χ0) is 29.5. The quantitative estimate of drug-likeness (QED) is 0.0914. The number of carbonyl (C=O) groups excluding carboxylic acids is 2. The molecule has 2 rings (SSSR count). The molecule has 13 nitrogen and oxygen atoms in total. The monoisotopic (exact) mass is 558 g/mol. The first-order valence-electron chi connectivity index (χ1n) is 12.2. The molecule has 14 heteroatoms. The maximum atomic E-state index is 12.9. The Balaban J connectivity index is 1.72. The van der Waals surface area contributed by atoms with Crippen molar-refractivity contribution in [3.05, 3.63) is 65.5 Å². The molecule has 0 heterocycles. The molecule has 0 saturated heterocycles. The van der Waals surface area contributed by atoms with Crippen LogP contribution in [0.2, 0.25) is 0 Å². The molecule has 2 unspecified atom stereocenters. The van der Waals surface area contributed by atoms with Gasteiger partial charge in [-0.05, 0) is 67.6 Å². The first-order chi connectivity index (χ1) is 19.0. The molecule has 0 aliphatic rings. The Bertz CT molecular complexity index is 1200. The first-order valence-corrected chi connectivity index (χ1v) is 12.2. The number of nitrogens with zero attached hydrogens (tertiary/aromatic N) is 1. The van der Waals surface area contributed by atoms with Crippen molar-refractivity contribution in [1.82, 2.24) is 16.0 Å². The van der Waals surface area contributed by atoms with Gasteiger partial charge in [0.15, 0.2) is 0 Å². The van der Waals surface area contributed by atoms with E-state index in [0.717, 1.165) is 0 Å².